The monoisotopic (exact) mass is 867 g/mol. The lowest BCUT2D eigenvalue weighted by molar-refractivity contribution is 0.370. The summed E-state index contributed by atoms with van der Waals surface area (Å²) >= 11 is 2.94. The Labute approximate surface area is 365 Å². The third-order valence-electron chi connectivity index (χ3n) is 10.8. The molecule has 2 aliphatic rings. The Kier molecular flexibility index (Phi) is 12.8. The maximum absolute atomic E-state index is 13.5. The van der Waals surface area contributed by atoms with Crippen molar-refractivity contribution in [2.75, 3.05) is 26.2 Å². The number of hydrogen-bond donors (Lipinski definition) is 2. The number of pyridine rings is 1. The molecule has 0 spiro atoms. The van der Waals surface area contributed by atoms with Crippen molar-refractivity contribution in [3.05, 3.63) is 134 Å². The Balaban J connectivity index is 0.000000158. The lowest BCUT2D eigenvalue weighted by Crippen LogP contribution is -2.29. The van der Waals surface area contributed by atoms with Gasteiger partial charge >= 0.3 is 0 Å². The van der Waals surface area contributed by atoms with Crippen molar-refractivity contribution in [3.63, 3.8) is 0 Å². The summed E-state index contributed by atoms with van der Waals surface area (Å²) in [4.78, 5) is 24.4. The van der Waals surface area contributed by atoms with Gasteiger partial charge in [-0.25, -0.2) is 38.4 Å². The van der Waals surface area contributed by atoms with E-state index in [-0.39, 0.29) is 11.6 Å². The van der Waals surface area contributed by atoms with Crippen molar-refractivity contribution in [3.8, 4) is 45.2 Å². The predicted octanol–water partition coefficient (Wildman–Crippen LogP) is 8.57. The van der Waals surface area contributed by atoms with Crippen molar-refractivity contribution in [2.45, 2.75) is 58.0 Å². The number of piperidine rings is 2. The average molecular weight is 868 g/mol. The van der Waals surface area contributed by atoms with E-state index in [1.165, 1.54) is 47.8 Å². The number of hydrogen-bond acceptors (Lipinski definition) is 12. The molecule has 3 aromatic carbocycles. The van der Waals surface area contributed by atoms with Gasteiger partial charge in [-0.1, -0.05) is 18.2 Å². The van der Waals surface area contributed by atoms with Crippen molar-refractivity contribution >= 4 is 23.5 Å². The normalized spacial score (nSPS) is 14.7. The van der Waals surface area contributed by atoms with Gasteiger partial charge in [0, 0.05) is 53.1 Å². The van der Waals surface area contributed by atoms with Crippen molar-refractivity contribution in [1.29, 1.82) is 0 Å². The van der Waals surface area contributed by atoms with Crippen LogP contribution in [0.1, 0.15) is 37.8 Å². The number of tetrazole rings is 1. The van der Waals surface area contributed by atoms with Crippen LogP contribution in [0.3, 0.4) is 0 Å². The number of nitrogens with zero attached hydrogens (tertiary/aromatic N) is 11. The van der Waals surface area contributed by atoms with E-state index in [4.69, 9.17) is 15.0 Å². The summed E-state index contributed by atoms with van der Waals surface area (Å²) in [6.07, 6.45) is 11.5. The van der Waals surface area contributed by atoms with Crippen LogP contribution in [0.25, 0.3) is 45.2 Å². The van der Waals surface area contributed by atoms with E-state index in [0.717, 1.165) is 107 Å². The molecule has 0 amide bonds. The number of nitrogens with one attached hydrogen (secondary N) is 2. The highest BCUT2D eigenvalue weighted by Crippen LogP contribution is 2.38. The Bertz CT molecular complexity index is 2710. The largest absolute Gasteiger partial charge is 0.327 e. The molecule has 0 radical (unpaired) electrons. The molecule has 5 aromatic heterocycles. The van der Waals surface area contributed by atoms with E-state index in [0.29, 0.717) is 22.4 Å². The van der Waals surface area contributed by atoms with Gasteiger partial charge in [-0.3, -0.25) is 0 Å². The quantitative estimate of drug-likeness (QED) is 0.127. The highest BCUT2D eigenvalue weighted by atomic mass is 32.2. The molecule has 314 valence electrons. The van der Waals surface area contributed by atoms with Crippen LogP contribution in [0.5, 0.6) is 0 Å². The summed E-state index contributed by atoms with van der Waals surface area (Å²) < 4.78 is 33.2. The van der Waals surface area contributed by atoms with Crippen LogP contribution in [0, 0.1) is 11.6 Å². The first-order valence-corrected chi connectivity index (χ1v) is 22.1. The van der Waals surface area contributed by atoms with Crippen LogP contribution in [0.15, 0.2) is 142 Å². The van der Waals surface area contributed by atoms with Crippen molar-refractivity contribution < 1.29 is 8.78 Å². The molecule has 2 N–H and O–H groups in total. The summed E-state index contributed by atoms with van der Waals surface area (Å²) in [5, 5.41) is 20.6. The molecule has 0 aliphatic carbocycles. The molecule has 13 nitrogen and oxygen atoms in total. The van der Waals surface area contributed by atoms with Crippen molar-refractivity contribution in [1.82, 2.24) is 64.9 Å². The maximum Gasteiger partial charge on any atom is 0.215 e. The molecule has 2 saturated heterocycles. The number of aryl methyl sites for hydroxylation is 1. The fraction of sp³-hybridized carbons (Fsp3) is 0.244. The Morgan fingerprint density at radius 1 is 0.613 bits per heavy atom. The molecule has 8 aromatic rings. The molecule has 0 bridgehead atoms. The predicted molar refractivity (Wildman–Crippen MR) is 235 cm³/mol. The highest BCUT2D eigenvalue weighted by Gasteiger charge is 2.25. The van der Waals surface area contributed by atoms with Crippen LogP contribution in [0.4, 0.5) is 8.78 Å². The first-order valence-electron chi connectivity index (χ1n) is 20.5. The minimum atomic E-state index is -0.261. The van der Waals surface area contributed by atoms with Gasteiger partial charge in [0.2, 0.25) is 5.16 Å². The number of benzene rings is 3. The van der Waals surface area contributed by atoms with Crippen LogP contribution >= 0.6 is 23.5 Å². The summed E-state index contributed by atoms with van der Waals surface area (Å²) in [6.45, 7) is 3.91. The molecule has 62 heavy (non-hydrogen) atoms. The molecular weight excluding hydrogens is 825 g/mol. The molecule has 17 heteroatoms. The zero-order valence-electron chi connectivity index (χ0n) is 33.9. The molecule has 0 atom stereocenters. The second kappa shape index (κ2) is 19.3. The van der Waals surface area contributed by atoms with Gasteiger partial charge in [-0.2, -0.15) is 0 Å². The Morgan fingerprint density at radius 3 is 1.79 bits per heavy atom. The standard InChI is InChI=1S/C24H22FN5S.C21H21FN8S/c25-18-8-6-17(7-9-18)22-23(30(16-28-22)19-10-13-26-14-11-19)21-12-15-27-24(29-21)31-20-4-2-1-3-5-20;1-29-21(26-27-28-29)31-18-12-15(6-11-24-18)20-19(14-2-4-16(22)5-3-14)25-13-30(20)17-7-9-23-10-8-17/h1-9,12,15-16,19,26H,10-11,13-14H2;2-6,11-13,17,23H,7-10H2,1H3. The number of halogens is 2. The van der Waals surface area contributed by atoms with Gasteiger partial charge in [0.05, 0.1) is 41.1 Å². The molecule has 0 unspecified atom stereocenters. The first kappa shape index (κ1) is 41.2. The fourth-order valence-corrected chi connectivity index (χ4v) is 9.25. The topological polar surface area (TPSA) is 142 Å². The molecule has 0 saturated carbocycles. The van der Waals surface area contributed by atoms with Gasteiger partial charge in [0.25, 0.3) is 0 Å². The van der Waals surface area contributed by atoms with Crippen LogP contribution < -0.4 is 10.6 Å². The van der Waals surface area contributed by atoms with Gasteiger partial charge < -0.3 is 19.8 Å². The lowest BCUT2D eigenvalue weighted by Gasteiger charge is -2.26. The van der Waals surface area contributed by atoms with Crippen LogP contribution in [-0.2, 0) is 7.05 Å². The minimum Gasteiger partial charge on any atom is -0.327 e. The van der Waals surface area contributed by atoms with E-state index < -0.39 is 0 Å². The zero-order chi connectivity index (χ0) is 42.3. The SMILES string of the molecule is Cn1nnnc1Sc1cc(-c2c(-c3ccc(F)cc3)ncn2C2CCNCC2)ccn1.Fc1ccc(-c2ncn(C3CCNCC3)c2-c2ccnc(Sc3ccccc3)n2)cc1. The number of aromatic nitrogens is 11. The van der Waals surface area contributed by atoms with Crippen molar-refractivity contribution in [2.24, 2.45) is 7.05 Å². The van der Waals surface area contributed by atoms with Gasteiger partial charge in [-0.15, -0.1) is 5.10 Å². The third-order valence-corrected chi connectivity index (χ3v) is 12.7. The first-order chi connectivity index (χ1) is 30.5. The average Bonchev–Trinajstić information content (AvgIpc) is 4.07. The second-order valence-electron chi connectivity index (χ2n) is 14.9. The minimum absolute atomic E-state index is 0.258. The molecule has 2 aliphatic heterocycles. The highest BCUT2D eigenvalue weighted by molar-refractivity contribution is 7.99. The van der Waals surface area contributed by atoms with E-state index in [2.05, 4.69) is 45.3 Å². The Morgan fingerprint density at radius 2 is 1.19 bits per heavy atom. The van der Waals surface area contributed by atoms with Gasteiger partial charge in [-0.05, 0) is 165 Å². The van der Waals surface area contributed by atoms with Gasteiger partial charge in [0.1, 0.15) is 16.7 Å². The van der Waals surface area contributed by atoms with E-state index >= 15 is 0 Å². The Hall–Kier alpha value is -6.14. The third kappa shape index (κ3) is 9.50. The summed E-state index contributed by atoms with van der Waals surface area (Å²) in [6, 6.07) is 29.7. The lowest BCUT2D eigenvalue weighted by atomic mass is 10.0. The molecule has 7 heterocycles. The molecule has 10 rings (SSSR count). The van der Waals surface area contributed by atoms with Gasteiger partial charge in [0.15, 0.2) is 5.16 Å². The van der Waals surface area contributed by atoms with Crippen LogP contribution in [0.2, 0.25) is 0 Å². The maximum atomic E-state index is 13.5. The van der Waals surface area contributed by atoms with E-state index in [9.17, 15) is 8.78 Å². The van der Waals surface area contributed by atoms with Crippen LogP contribution in [-0.4, -0.2) is 80.4 Å². The number of rotatable bonds is 10. The summed E-state index contributed by atoms with van der Waals surface area (Å²) in [7, 11) is 1.80. The summed E-state index contributed by atoms with van der Waals surface area (Å²) in [5.74, 6) is -0.519. The van der Waals surface area contributed by atoms with E-state index in [1.54, 1.807) is 48.4 Å². The molecule has 2 fully saturated rings. The summed E-state index contributed by atoms with van der Waals surface area (Å²) in [5.41, 5.74) is 7.20. The van der Waals surface area contributed by atoms with E-state index in [1.807, 2.05) is 61.2 Å². The number of imidazole rings is 2. The second-order valence-corrected chi connectivity index (χ2v) is 16.9. The fourth-order valence-electron chi connectivity index (χ4n) is 7.75. The smallest absolute Gasteiger partial charge is 0.215 e. The molecular formula is C45H43F2N13S2. The zero-order valence-corrected chi connectivity index (χ0v) is 35.5.